The van der Waals surface area contributed by atoms with Crippen LogP contribution in [0.1, 0.15) is 44.9 Å². The molecule has 0 bridgehead atoms. The number of carbonyl (C=O) groups is 1. The van der Waals surface area contributed by atoms with E-state index in [-0.39, 0.29) is 23.2 Å². The third kappa shape index (κ3) is 6.01. The molecule has 0 spiro atoms. The van der Waals surface area contributed by atoms with Gasteiger partial charge in [-0.15, -0.1) is 6.58 Å². The van der Waals surface area contributed by atoms with Gasteiger partial charge in [-0.2, -0.15) is 0 Å². The van der Waals surface area contributed by atoms with Gasteiger partial charge in [-0.1, -0.05) is 12.5 Å². The Kier molecular flexibility index (Phi) is 5.89. The molecule has 1 rings (SSSR count). The summed E-state index contributed by atoms with van der Waals surface area (Å²) < 4.78 is 22.5. The molecule has 0 amide bonds. The first-order valence-corrected chi connectivity index (χ1v) is 8.18. The maximum atomic E-state index is 11.6. The van der Waals surface area contributed by atoms with Crippen LogP contribution < -0.4 is 0 Å². The maximum absolute atomic E-state index is 11.6. The Morgan fingerprint density at radius 2 is 2.06 bits per heavy atom. The van der Waals surface area contributed by atoms with E-state index in [0.717, 1.165) is 25.7 Å². The summed E-state index contributed by atoms with van der Waals surface area (Å²) >= 11 is 0. The minimum absolute atomic E-state index is 0.0840. The van der Waals surface area contributed by atoms with E-state index < -0.39 is 9.84 Å². The summed E-state index contributed by atoms with van der Waals surface area (Å²) in [4.78, 5) is 11.6. The van der Waals surface area contributed by atoms with Crippen LogP contribution in [0.4, 0.5) is 0 Å². The van der Waals surface area contributed by atoms with Gasteiger partial charge < -0.3 is 0 Å². The number of hydrogen-bond donors (Lipinski definition) is 0. The van der Waals surface area contributed by atoms with Gasteiger partial charge in [-0.05, 0) is 31.6 Å². The summed E-state index contributed by atoms with van der Waals surface area (Å²) in [5.41, 5.74) is 0. The lowest BCUT2D eigenvalue weighted by molar-refractivity contribution is -0.119. The Hall–Kier alpha value is -0.640. The monoisotopic (exact) mass is 258 g/mol. The van der Waals surface area contributed by atoms with E-state index >= 15 is 0 Å². The summed E-state index contributed by atoms with van der Waals surface area (Å²) in [5, 5.41) is 0. The van der Waals surface area contributed by atoms with E-state index in [0.29, 0.717) is 19.3 Å². The summed E-state index contributed by atoms with van der Waals surface area (Å²) in [6.45, 7) is 3.65. The first-order chi connectivity index (χ1) is 8.03. The van der Waals surface area contributed by atoms with Gasteiger partial charge in [0.05, 0.1) is 11.5 Å². The van der Waals surface area contributed by atoms with Gasteiger partial charge in [0.1, 0.15) is 5.78 Å². The van der Waals surface area contributed by atoms with E-state index in [1.807, 2.05) is 6.08 Å². The van der Waals surface area contributed by atoms with Crippen LogP contribution in [-0.4, -0.2) is 25.7 Å². The lowest BCUT2D eigenvalue weighted by Crippen LogP contribution is -2.10. The molecular formula is C13H22O3S. The van der Waals surface area contributed by atoms with Crippen molar-refractivity contribution in [1.29, 1.82) is 0 Å². The van der Waals surface area contributed by atoms with Crippen LogP contribution in [0.2, 0.25) is 0 Å². The fourth-order valence-electron chi connectivity index (χ4n) is 2.24. The van der Waals surface area contributed by atoms with Gasteiger partial charge in [-0.3, -0.25) is 4.79 Å². The number of carbonyl (C=O) groups excluding carboxylic acids is 1. The minimum Gasteiger partial charge on any atom is -0.300 e. The Bertz CT molecular complexity index is 357. The summed E-state index contributed by atoms with van der Waals surface area (Å²) in [7, 11) is -2.84. The molecule has 1 saturated heterocycles. The molecule has 98 valence electrons. The molecule has 1 atom stereocenters. The van der Waals surface area contributed by atoms with E-state index in [1.165, 1.54) is 0 Å². The van der Waals surface area contributed by atoms with E-state index in [4.69, 9.17) is 0 Å². The second-order valence-electron chi connectivity index (χ2n) is 4.90. The molecule has 0 radical (unpaired) electrons. The third-order valence-corrected chi connectivity index (χ3v) is 5.04. The Morgan fingerprint density at radius 1 is 1.29 bits per heavy atom. The number of sulfone groups is 1. The highest BCUT2D eigenvalue weighted by Crippen LogP contribution is 2.22. The summed E-state index contributed by atoms with van der Waals surface area (Å²) in [6, 6.07) is 0. The molecule has 1 fully saturated rings. The predicted molar refractivity (Wildman–Crippen MR) is 69.7 cm³/mol. The van der Waals surface area contributed by atoms with Crippen molar-refractivity contribution in [3.05, 3.63) is 12.7 Å². The van der Waals surface area contributed by atoms with Gasteiger partial charge in [0.15, 0.2) is 9.84 Å². The van der Waals surface area contributed by atoms with Crippen molar-refractivity contribution in [2.45, 2.75) is 44.9 Å². The topological polar surface area (TPSA) is 51.2 Å². The van der Waals surface area contributed by atoms with Crippen LogP contribution in [0.5, 0.6) is 0 Å². The fourth-order valence-corrected chi connectivity index (χ4v) is 4.11. The van der Waals surface area contributed by atoms with Crippen LogP contribution in [0, 0.1) is 5.92 Å². The Labute approximate surface area is 104 Å². The van der Waals surface area contributed by atoms with E-state index in [2.05, 4.69) is 6.58 Å². The summed E-state index contributed by atoms with van der Waals surface area (Å²) in [5.74, 6) is 0.797. The Balaban J connectivity index is 2.11. The number of ketones is 1. The average molecular weight is 258 g/mol. The van der Waals surface area contributed by atoms with Crippen molar-refractivity contribution < 1.29 is 13.2 Å². The van der Waals surface area contributed by atoms with Gasteiger partial charge in [-0.25, -0.2) is 8.42 Å². The van der Waals surface area contributed by atoms with Gasteiger partial charge in [0, 0.05) is 12.8 Å². The van der Waals surface area contributed by atoms with Crippen LogP contribution in [-0.2, 0) is 14.6 Å². The van der Waals surface area contributed by atoms with Crippen LogP contribution in [0.15, 0.2) is 12.7 Å². The quantitative estimate of drug-likeness (QED) is 0.496. The van der Waals surface area contributed by atoms with Gasteiger partial charge in [0.25, 0.3) is 0 Å². The SMILES string of the molecule is C=CCCCCCC(=O)CC1CCS(=O)(=O)C1. The maximum Gasteiger partial charge on any atom is 0.150 e. The molecule has 1 heterocycles. The smallest absolute Gasteiger partial charge is 0.150 e. The molecule has 17 heavy (non-hydrogen) atoms. The highest BCUT2D eigenvalue weighted by atomic mass is 32.2. The van der Waals surface area contributed by atoms with Gasteiger partial charge >= 0.3 is 0 Å². The van der Waals surface area contributed by atoms with Crippen LogP contribution in [0.25, 0.3) is 0 Å². The molecule has 3 nitrogen and oxygen atoms in total. The highest BCUT2D eigenvalue weighted by molar-refractivity contribution is 7.91. The fraction of sp³-hybridized carbons (Fsp3) is 0.769. The number of Topliss-reactive ketones (excluding diaryl/α,β-unsaturated/α-hetero) is 1. The first-order valence-electron chi connectivity index (χ1n) is 6.36. The second kappa shape index (κ2) is 6.94. The molecule has 0 aliphatic carbocycles. The molecule has 0 saturated carbocycles. The van der Waals surface area contributed by atoms with E-state index in [1.54, 1.807) is 0 Å². The molecule has 1 aliphatic heterocycles. The number of unbranched alkanes of at least 4 members (excludes halogenated alkanes) is 3. The molecule has 1 unspecified atom stereocenters. The predicted octanol–water partition coefficient (Wildman–Crippen LogP) is 2.52. The standard InChI is InChI=1S/C13H22O3S/c1-2-3-4-5-6-7-13(14)10-12-8-9-17(15,16)11-12/h2,12H,1,3-11H2. The van der Waals surface area contributed by atoms with Crippen LogP contribution >= 0.6 is 0 Å². The largest absolute Gasteiger partial charge is 0.300 e. The molecule has 0 aromatic carbocycles. The zero-order chi connectivity index (χ0) is 12.7. The van der Waals surface area contributed by atoms with Crippen molar-refractivity contribution >= 4 is 15.6 Å². The lowest BCUT2D eigenvalue weighted by atomic mass is 9.99. The molecule has 1 aliphatic rings. The van der Waals surface area contributed by atoms with Crippen molar-refractivity contribution in [2.24, 2.45) is 5.92 Å². The van der Waals surface area contributed by atoms with Crippen molar-refractivity contribution in [2.75, 3.05) is 11.5 Å². The highest BCUT2D eigenvalue weighted by Gasteiger charge is 2.28. The lowest BCUT2D eigenvalue weighted by Gasteiger charge is -2.06. The zero-order valence-electron chi connectivity index (χ0n) is 10.4. The van der Waals surface area contributed by atoms with E-state index in [9.17, 15) is 13.2 Å². The number of hydrogen-bond acceptors (Lipinski definition) is 3. The molecule has 0 aromatic heterocycles. The van der Waals surface area contributed by atoms with Gasteiger partial charge in [0.2, 0.25) is 0 Å². The molecule has 4 heteroatoms. The third-order valence-electron chi connectivity index (χ3n) is 3.21. The second-order valence-corrected chi connectivity index (χ2v) is 7.13. The molecule has 0 aromatic rings. The van der Waals surface area contributed by atoms with Crippen molar-refractivity contribution in [3.63, 3.8) is 0 Å². The average Bonchev–Trinajstić information content (AvgIpc) is 2.57. The summed E-state index contributed by atoms with van der Waals surface area (Å²) in [6.07, 6.45) is 7.71. The molecular weight excluding hydrogens is 236 g/mol. The van der Waals surface area contributed by atoms with Crippen LogP contribution in [0.3, 0.4) is 0 Å². The minimum atomic E-state index is -2.84. The van der Waals surface area contributed by atoms with Crippen molar-refractivity contribution in [3.8, 4) is 0 Å². The zero-order valence-corrected chi connectivity index (χ0v) is 11.2. The Morgan fingerprint density at radius 3 is 2.65 bits per heavy atom. The number of rotatable bonds is 8. The first kappa shape index (κ1) is 14.4. The van der Waals surface area contributed by atoms with Crippen molar-refractivity contribution in [1.82, 2.24) is 0 Å². The number of allylic oxidation sites excluding steroid dienone is 1. The molecule has 0 N–H and O–H groups in total. The normalized spacial score (nSPS) is 22.5.